The largest absolute Gasteiger partial charge is 0.235 e. The van der Waals surface area contributed by atoms with Crippen LogP contribution in [0.15, 0.2) is 48.5 Å². The summed E-state index contributed by atoms with van der Waals surface area (Å²) < 4.78 is 1.77. The Balaban J connectivity index is 1.66. The molecule has 0 radical (unpaired) electrons. The van der Waals surface area contributed by atoms with Gasteiger partial charge in [0.25, 0.3) is 0 Å². The minimum Gasteiger partial charge on any atom is -0.182 e. The van der Waals surface area contributed by atoms with Crippen molar-refractivity contribution in [3.63, 3.8) is 0 Å². The Labute approximate surface area is 148 Å². The summed E-state index contributed by atoms with van der Waals surface area (Å²) >= 11 is 7.44. The first-order valence-corrected chi connectivity index (χ1v) is 8.61. The van der Waals surface area contributed by atoms with E-state index in [0.29, 0.717) is 10.8 Å². The second-order valence-electron chi connectivity index (χ2n) is 5.41. The summed E-state index contributed by atoms with van der Waals surface area (Å²) in [4.78, 5) is 0.767. The summed E-state index contributed by atoms with van der Waals surface area (Å²) in [5.41, 5.74) is 3.33. The van der Waals surface area contributed by atoms with E-state index in [1.165, 1.54) is 16.9 Å². The van der Waals surface area contributed by atoms with E-state index in [9.17, 15) is 0 Å². The van der Waals surface area contributed by atoms with E-state index in [4.69, 9.17) is 11.6 Å². The number of halogens is 1. The van der Waals surface area contributed by atoms with Crippen molar-refractivity contribution in [2.75, 3.05) is 0 Å². The van der Waals surface area contributed by atoms with Crippen molar-refractivity contribution in [3.8, 4) is 11.4 Å². The van der Waals surface area contributed by atoms with Crippen LogP contribution in [0.2, 0.25) is 5.02 Å². The SMILES string of the molecule is Cc1ccc(/C=C/c2nn3c(-c4ccc(Cl)cc4)nnc3s2)cc1. The molecular formula is C18H13ClN4S. The van der Waals surface area contributed by atoms with Gasteiger partial charge in [-0.2, -0.15) is 9.61 Å². The van der Waals surface area contributed by atoms with Gasteiger partial charge in [-0.25, -0.2) is 0 Å². The number of rotatable bonds is 3. The lowest BCUT2D eigenvalue weighted by atomic mass is 10.1. The standard InChI is InChI=1S/C18H13ClN4S/c1-12-2-4-13(5-3-12)6-11-16-22-23-17(20-21-18(23)24-16)14-7-9-15(19)10-8-14/h2-11H,1H3/b11-6+. The molecule has 0 aliphatic rings. The fourth-order valence-corrected chi connectivity index (χ4v) is 3.19. The van der Waals surface area contributed by atoms with E-state index in [2.05, 4.69) is 46.5 Å². The molecule has 0 N–H and O–H groups in total. The molecule has 0 aliphatic heterocycles. The number of nitrogens with zero attached hydrogens (tertiary/aromatic N) is 4. The molecule has 0 unspecified atom stereocenters. The van der Waals surface area contributed by atoms with Crippen LogP contribution in [-0.2, 0) is 0 Å². The highest BCUT2D eigenvalue weighted by molar-refractivity contribution is 7.17. The highest BCUT2D eigenvalue weighted by Gasteiger charge is 2.12. The van der Waals surface area contributed by atoms with Crippen molar-refractivity contribution in [2.24, 2.45) is 0 Å². The first-order valence-electron chi connectivity index (χ1n) is 7.42. The molecule has 4 rings (SSSR count). The van der Waals surface area contributed by atoms with Crippen molar-refractivity contribution < 1.29 is 0 Å². The number of aryl methyl sites for hydroxylation is 1. The average molecular weight is 353 g/mol. The summed E-state index contributed by atoms with van der Waals surface area (Å²) in [6.07, 6.45) is 4.04. The zero-order valence-corrected chi connectivity index (χ0v) is 14.4. The van der Waals surface area contributed by atoms with Crippen LogP contribution in [0, 0.1) is 6.92 Å². The number of fused-ring (bicyclic) bond motifs is 1. The van der Waals surface area contributed by atoms with Gasteiger partial charge in [0.05, 0.1) is 0 Å². The number of hydrogen-bond donors (Lipinski definition) is 0. The van der Waals surface area contributed by atoms with Crippen molar-refractivity contribution in [1.29, 1.82) is 0 Å². The van der Waals surface area contributed by atoms with Crippen molar-refractivity contribution in [2.45, 2.75) is 6.92 Å². The third-order valence-electron chi connectivity index (χ3n) is 3.60. The van der Waals surface area contributed by atoms with Crippen molar-refractivity contribution in [3.05, 3.63) is 69.7 Å². The van der Waals surface area contributed by atoms with Gasteiger partial charge in [0.2, 0.25) is 4.96 Å². The molecule has 0 amide bonds. The Morgan fingerprint density at radius 1 is 0.958 bits per heavy atom. The molecule has 2 aromatic carbocycles. The molecule has 0 fully saturated rings. The molecule has 2 aromatic heterocycles. The summed E-state index contributed by atoms with van der Waals surface area (Å²) in [6, 6.07) is 15.9. The molecule has 2 heterocycles. The van der Waals surface area contributed by atoms with Gasteiger partial charge in [-0.05, 0) is 42.8 Å². The maximum atomic E-state index is 5.94. The van der Waals surface area contributed by atoms with Crippen LogP contribution in [0.25, 0.3) is 28.5 Å². The molecule has 6 heteroatoms. The molecule has 24 heavy (non-hydrogen) atoms. The molecule has 4 aromatic rings. The molecule has 4 nitrogen and oxygen atoms in total. The topological polar surface area (TPSA) is 43.1 Å². The van der Waals surface area contributed by atoms with Crippen LogP contribution in [0.3, 0.4) is 0 Å². The van der Waals surface area contributed by atoms with Gasteiger partial charge in [0.15, 0.2) is 5.82 Å². The average Bonchev–Trinajstić information content (AvgIpc) is 3.15. The lowest BCUT2D eigenvalue weighted by Crippen LogP contribution is -1.90. The Bertz CT molecular complexity index is 1010. The van der Waals surface area contributed by atoms with Gasteiger partial charge in [-0.15, -0.1) is 10.2 Å². The molecule has 0 saturated carbocycles. The smallest absolute Gasteiger partial charge is 0.182 e. The van der Waals surface area contributed by atoms with Gasteiger partial charge in [-0.3, -0.25) is 0 Å². The van der Waals surface area contributed by atoms with E-state index in [1.54, 1.807) is 4.52 Å². The monoisotopic (exact) mass is 352 g/mol. The summed E-state index contributed by atoms with van der Waals surface area (Å²) in [5, 5.41) is 14.6. The van der Waals surface area contributed by atoms with E-state index >= 15 is 0 Å². The van der Waals surface area contributed by atoms with Crippen molar-refractivity contribution >= 4 is 40.1 Å². The normalized spacial score (nSPS) is 11.6. The minimum absolute atomic E-state index is 0.694. The number of aromatic nitrogens is 4. The second-order valence-corrected chi connectivity index (χ2v) is 6.83. The molecule has 0 atom stereocenters. The zero-order valence-electron chi connectivity index (χ0n) is 12.8. The third kappa shape index (κ3) is 2.96. The van der Waals surface area contributed by atoms with Gasteiger partial charge >= 0.3 is 0 Å². The van der Waals surface area contributed by atoms with Crippen LogP contribution in [0.5, 0.6) is 0 Å². The first-order chi connectivity index (χ1) is 11.7. The van der Waals surface area contributed by atoms with Gasteiger partial charge in [0, 0.05) is 10.6 Å². The highest BCUT2D eigenvalue weighted by Crippen LogP contribution is 2.23. The Morgan fingerprint density at radius 2 is 1.71 bits per heavy atom. The summed E-state index contributed by atoms with van der Waals surface area (Å²) in [5.74, 6) is 0.716. The molecule has 118 valence electrons. The van der Waals surface area contributed by atoms with Gasteiger partial charge in [-0.1, -0.05) is 58.8 Å². The minimum atomic E-state index is 0.694. The lowest BCUT2D eigenvalue weighted by molar-refractivity contribution is 0.960. The van der Waals surface area contributed by atoms with Gasteiger partial charge in [0.1, 0.15) is 5.01 Å². The predicted octanol–water partition coefficient (Wildman–Crippen LogP) is 4.99. The van der Waals surface area contributed by atoms with Gasteiger partial charge < -0.3 is 0 Å². The van der Waals surface area contributed by atoms with E-state index in [1.807, 2.05) is 36.4 Å². The number of hydrogen-bond acceptors (Lipinski definition) is 4. The van der Waals surface area contributed by atoms with Crippen molar-refractivity contribution in [1.82, 2.24) is 19.8 Å². The second kappa shape index (κ2) is 6.19. The maximum absolute atomic E-state index is 5.94. The zero-order chi connectivity index (χ0) is 16.5. The van der Waals surface area contributed by atoms with Crippen LogP contribution in [0.1, 0.15) is 16.1 Å². The molecule has 0 spiro atoms. The Morgan fingerprint density at radius 3 is 2.46 bits per heavy atom. The molecule has 0 bridgehead atoms. The Hall–Kier alpha value is -2.50. The van der Waals surface area contributed by atoms with E-state index in [0.717, 1.165) is 21.1 Å². The molecule has 0 saturated heterocycles. The predicted molar refractivity (Wildman–Crippen MR) is 99.2 cm³/mol. The summed E-state index contributed by atoms with van der Waals surface area (Å²) in [7, 11) is 0. The third-order valence-corrected chi connectivity index (χ3v) is 4.72. The van der Waals surface area contributed by atoms with Crippen LogP contribution >= 0.6 is 22.9 Å². The Kier molecular flexibility index (Phi) is 3.88. The fraction of sp³-hybridized carbons (Fsp3) is 0.0556. The first kappa shape index (κ1) is 15.1. The molecular weight excluding hydrogens is 340 g/mol. The number of benzene rings is 2. The van der Waals surface area contributed by atoms with E-state index in [-0.39, 0.29) is 0 Å². The van der Waals surface area contributed by atoms with E-state index < -0.39 is 0 Å². The van der Waals surface area contributed by atoms with Crippen LogP contribution in [-0.4, -0.2) is 19.8 Å². The highest BCUT2D eigenvalue weighted by atomic mass is 35.5. The quantitative estimate of drug-likeness (QED) is 0.522. The summed E-state index contributed by atoms with van der Waals surface area (Å²) in [6.45, 7) is 2.08. The fourth-order valence-electron chi connectivity index (χ4n) is 2.32. The lowest BCUT2D eigenvalue weighted by Gasteiger charge is -1.96. The van der Waals surface area contributed by atoms with Crippen LogP contribution < -0.4 is 0 Å². The maximum Gasteiger partial charge on any atom is 0.235 e. The van der Waals surface area contributed by atoms with Crippen LogP contribution in [0.4, 0.5) is 0 Å². The molecule has 0 aliphatic carbocycles.